The molecule has 146 valence electrons. The topological polar surface area (TPSA) is 88.8 Å². The lowest BCUT2D eigenvalue weighted by Gasteiger charge is -2.14. The summed E-state index contributed by atoms with van der Waals surface area (Å²) in [6, 6.07) is 14.7. The Kier molecular flexibility index (Phi) is 6.32. The fourth-order valence-corrected chi connectivity index (χ4v) is 2.98. The van der Waals surface area contributed by atoms with Crippen LogP contribution in [0.3, 0.4) is 0 Å². The van der Waals surface area contributed by atoms with Crippen molar-refractivity contribution < 1.29 is 23.8 Å². The van der Waals surface area contributed by atoms with E-state index in [1.807, 2.05) is 25.1 Å². The van der Waals surface area contributed by atoms with E-state index < -0.39 is 5.97 Å². The highest BCUT2D eigenvalue weighted by atomic mass is 16.5. The van der Waals surface area contributed by atoms with E-state index in [2.05, 4.69) is 17.4 Å². The van der Waals surface area contributed by atoms with E-state index in [9.17, 15) is 14.7 Å². The molecule has 1 amide bonds. The van der Waals surface area contributed by atoms with Gasteiger partial charge >= 0.3 is 5.97 Å². The summed E-state index contributed by atoms with van der Waals surface area (Å²) in [7, 11) is 0. The van der Waals surface area contributed by atoms with Crippen LogP contribution >= 0.6 is 0 Å². The molecule has 0 radical (unpaired) electrons. The Balaban J connectivity index is 1.41. The van der Waals surface area contributed by atoms with Gasteiger partial charge in [0.2, 0.25) is 0 Å². The van der Waals surface area contributed by atoms with Crippen molar-refractivity contribution >= 4 is 22.8 Å². The summed E-state index contributed by atoms with van der Waals surface area (Å²) < 4.78 is 10.4. The molecule has 0 saturated carbocycles. The highest BCUT2D eigenvalue weighted by Crippen LogP contribution is 2.25. The van der Waals surface area contributed by atoms with Crippen molar-refractivity contribution in [2.45, 2.75) is 32.2 Å². The van der Waals surface area contributed by atoms with Crippen molar-refractivity contribution in [2.75, 3.05) is 6.61 Å². The summed E-state index contributed by atoms with van der Waals surface area (Å²) in [5, 5.41) is 13.0. The average Bonchev–Trinajstić information content (AvgIpc) is 3.07. The van der Waals surface area contributed by atoms with Gasteiger partial charge in [-0.2, -0.15) is 0 Å². The number of fused-ring (bicyclic) bond motifs is 1. The van der Waals surface area contributed by atoms with E-state index in [0.717, 1.165) is 18.2 Å². The van der Waals surface area contributed by atoms with E-state index in [1.54, 1.807) is 6.07 Å². The number of phenolic OH excluding ortho intramolecular Hbond substituents is 1. The van der Waals surface area contributed by atoms with Crippen LogP contribution in [0.25, 0.3) is 11.0 Å². The van der Waals surface area contributed by atoms with Crippen LogP contribution in [0.5, 0.6) is 5.75 Å². The predicted molar refractivity (Wildman–Crippen MR) is 105 cm³/mol. The second-order valence-electron chi connectivity index (χ2n) is 6.77. The second-order valence-corrected chi connectivity index (χ2v) is 6.77. The van der Waals surface area contributed by atoms with Gasteiger partial charge in [0.15, 0.2) is 6.61 Å². The Morgan fingerprint density at radius 2 is 1.96 bits per heavy atom. The van der Waals surface area contributed by atoms with Crippen molar-refractivity contribution in [3.05, 3.63) is 65.9 Å². The lowest BCUT2D eigenvalue weighted by molar-refractivity contribution is -0.148. The summed E-state index contributed by atoms with van der Waals surface area (Å²) in [6.07, 6.45) is 3.12. The smallest absolute Gasteiger partial charge is 0.310 e. The van der Waals surface area contributed by atoms with Crippen LogP contribution in [0, 0.1) is 0 Å². The second kappa shape index (κ2) is 9.08. The minimum atomic E-state index is -0.511. The van der Waals surface area contributed by atoms with Crippen molar-refractivity contribution in [2.24, 2.45) is 0 Å². The Hall–Kier alpha value is -3.28. The number of carbonyl (C=O) groups excluding carboxylic acids is 2. The quantitative estimate of drug-likeness (QED) is 0.584. The van der Waals surface area contributed by atoms with Gasteiger partial charge in [-0.05, 0) is 37.5 Å². The van der Waals surface area contributed by atoms with Gasteiger partial charge in [-0.3, -0.25) is 9.59 Å². The zero-order chi connectivity index (χ0) is 19.9. The predicted octanol–water partition coefficient (Wildman–Crippen LogP) is 3.36. The summed E-state index contributed by atoms with van der Waals surface area (Å²) in [6.45, 7) is 1.61. The van der Waals surface area contributed by atoms with E-state index in [-0.39, 0.29) is 30.7 Å². The molecule has 0 aliphatic heterocycles. The highest BCUT2D eigenvalue weighted by molar-refractivity contribution is 5.87. The SMILES string of the molecule is C[C@H](CCc1ccccc1)NC(=O)COC(=O)Cc1coc2cc(O)ccc12. The molecule has 0 aliphatic carbocycles. The van der Waals surface area contributed by atoms with Gasteiger partial charge in [0.1, 0.15) is 11.3 Å². The number of carbonyl (C=O) groups is 2. The molecule has 0 bridgehead atoms. The first kappa shape index (κ1) is 19.5. The number of benzene rings is 2. The lowest BCUT2D eigenvalue weighted by Crippen LogP contribution is -2.36. The Morgan fingerprint density at radius 1 is 1.18 bits per heavy atom. The van der Waals surface area contributed by atoms with Crippen LogP contribution in [-0.4, -0.2) is 29.6 Å². The Morgan fingerprint density at radius 3 is 2.75 bits per heavy atom. The molecule has 0 spiro atoms. The molecular weight excluding hydrogens is 358 g/mol. The largest absolute Gasteiger partial charge is 0.508 e. The molecule has 2 aromatic carbocycles. The highest BCUT2D eigenvalue weighted by Gasteiger charge is 2.14. The van der Waals surface area contributed by atoms with Gasteiger partial charge in [-0.1, -0.05) is 30.3 Å². The van der Waals surface area contributed by atoms with Gasteiger partial charge in [0, 0.05) is 23.1 Å². The Bertz CT molecular complexity index is 948. The first-order valence-corrected chi connectivity index (χ1v) is 9.19. The van der Waals surface area contributed by atoms with Gasteiger partial charge in [-0.15, -0.1) is 0 Å². The molecular formula is C22H23NO5. The third-order valence-electron chi connectivity index (χ3n) is 4.45. The number of aryl methyl sites for hydroxylation is 1. The summed E-state index contributed by atoms with van der Waals surface area (Å²) in [5.41, 5.74) is 2.36. The standard InChI is InChI=1S/C22H23NO5/c1-15(7-8-16-5-3-2-4-6-16)23-21(25)14-28-22(26)11-17-13-27-20-12-18(24)9-10-19(17)20/h2-6,9-10,12-13,15,24H,7-8,11,14H2,1H3,(H,23,25)/t15-/m1/s1. The van der Waals surface area contributed by atoms with Gasteiger partial charge in [0.05, 0.1) is 12.7 Å². The number of hydrogen-bond donors (Lipinski definition) is 2. The number of esters is 1. The zero-order valence-electron chi connectivity index (χ0n) is 15.7. The third-order valence-corrected chi connectivity index (χ3v) is 4.45. The van der Waals surface area contributed by atoms with Crippen molar-refractivity contribution in [1.82, 2.24) is 5.32 Å². The molecule has 28 heavy (non-hydrogen) atoms. The molecule has 0 aliphatic rings. The van der Waals surface area contributed by atoms with Crippen LogP contribution in [0.1, 0.15) is 24.5 Å². The van der Waals surface area contributed by atoms with E-state index in [4.69, 9.17) is 9.15 Å². The summed E-state index contributed by atoms with van der Waals surface area (Å²) >= 11 is 0. The maximum absolute atomic E-state index is 12.0. The fourth-order valence-electron chi connectivity index (χ4n) is 2.98. The first-order valence-electron chi connectivity index (χ1n) is 9.19. The molecule has 1 aromatic heterocycles. The molecule has 0 unspecified atom stereocenters. The molecule has 1 atom stereocenters. The molecule has 3 rings (SSSR count). The monoisotopic (exact) mass is 381 g/mol. The maximum Gasteiger partial charge on any atom is 0.310 e. The average molecular weight is 381 g/mol. The van der Waals surface area contributed by atoms with Crippen LogP contribution in [0.4, 0.5) is 0 Å². The van der Waals surface area contributed by atoms with Crippen LogP contribution in [-0.2, 0) is 27.2 Å². The van der Waals surface area contributed by atoms with Crippen LogP contribution < -0.4 is 5.32 Å². The number of phenols is 1. The lowest BCUT2D eigenvalue weighted by atomic mass is 10.1. The molecule has 2 N–H and O–H groups in total. The zero-order valence-corrected chi connectivity index (χ0v) is 15.7. The van der Waals surface area contributed by atoms with E-state index in [0.29, 0.717) is 11.1 Å². The van der Waals surface area contributed by atoms with Crippen molar-refractivity contribution in [3.8, 4) is 5.75 Å². The first-order chi connectivity index (χ1) is 13.5. The van der Waals surface area contributed by atoms with Crippen molar-refractivity contribution in [1.29, 1.82) is 0 Å². The van der Waals surface area contributed by atoms with Crippen LogP contribution in [0.2, 0.25) is 0 Å². The fraction of sp³-hybridized carbons (Fsp3) is 0.273. The molecule has 0 saturated heterocycles. The number of aromatic hydroxyl groups is 1. The van der Waals surface area contributed by atoms with Crippen LogP contribution in [0.15, 0.2) is 59.2 Å². The Labute approximate surface area is 163 Å². The minimum Gasteiger partial charge on any atom is -0.508 e. The molecule has 1 heterocycles. The van der Waals surface area contributed by atoms with E-state index >= 15 is 0 Å². The van der Waals surface area contributed by atoms with Gasteiger partial charge < -0.3 is 19.6 Å². The van der Waals surface area contributed by atoms with Gasteiger partial charge in [0.25, 0.3) is 5.91 Å². The molecule has 3 aromatic rings. The maximum atomic E-state index is 12.0. The number of rotatable bonds is 8. The number of amides is 1. The van der Waals surface area contributed by atoms with Crippen molar-refractivity contribution in [3.63, 3.8) is 0 Å². The summed E-state index contributed by atoms with van der Waals surface area (Å²) in [4.78, 5) is 24.0. The number of nitrogens with one attached hydrogen (secondary N) is 1. The molecule has 0 fully saturated rings. The number of hydrogen-bond acceptors (Lipinski definition) is 5. The minimum absolute atomic E-state index is 0.00534. The summed E-state index contributed by atoms with van der Waals surface area (Å²) in [5.74, 6) is -0.743. The van der Waals surface area contributed by atoms with Gasteiger partial charge in [-0.25, -0.2) is 0 Å². The molecule has 6 nitrogen and oxygen atoms in total. The normalized spacial score (nSPS) is 11.9. The number of ether oxygens (including phenoxy) is 1. The number of furan rings is 1. The third kappa shape index (κ3) is 5.36. The molecule has 6 heteroatoms. The van der Waals surface area contributed by atoms with E-state index in [1.165, 1.54) is 24.0 Å².